The SMILES string of the molecule is CC(=O)Nc1cccc(NC(=O)c2cccc3c2OC(C)C3C)c1. The average molecular weight is 324 g/mol. The van der Waals surface area contributed by atoms with Crippen molar-refractivity contribution < 1.29 is 14.3 Å². The van der Waals surface area contributed by atoms with Crippen LogP contribution in [0, 0.1) is 0 Å². The van der Waals surface area contributed by atoms with Gasteiger partial charge in [0.05, 0.1) is 5.56 Å². The highest BCUT2D eigenvalue weighted by atomic mass is 16.5. The maximum absolute atomic E-state index is 12.6. The number of nitrogens with one attached hydrogen (secondary N) is 2. The molecule has 2 aromatic carbocycles. The van der Waals surface area contributed by atoms with Gasteiger partial charge >= 0.3 is 0 Å². The molecule has 1 aliphatic heterocycles. The van der Waals surface area contributed by atoms with Crippen molar-refractivity contribution in [3.05, 3.63) is 53.6 Å². The van der Waals surface area contributed by atoms with Gasteiger partial charge in [0, 0.05) is 29.8 Å². The first-order valence-corrected chi connectivity index (χ1v) is 7.94. The summed E-state index contributed by atoms with van der Waals surface area (Å²) in [5, 5.41) is 5.56. The lowest BCUT2D eigenvalue weighted by molar-refractivity contribution is -0.114. The number of hydrogen-bond acceptors (Lipinski definition) is 3. The fraction of sp³-hybridized carbons (Fsp3) is 0.263. The van der Waals surface area contributed by atoms with E-state index in [0.717, 1.165) is 5.56 Å². The van der Waals surface area contributed by atoms with Crippen LogP contribution >= 0.6 is 0 Å². The Labute approximate surface area is 141 Å². The summed E-state index contributed by atoms with van der Waals surface area (Å²) in [6, 6.07) is 12.7. The summed E-state index contributed by atoms with van der Waals surface area (Å²) in [5.41, 5.74) is 2.83. The lowest BCUT2D eigenvalue weighted by atomic mass is 9.97. The fourth-order valence-electron chi connectivity index (χ4n) is 2.84. The van der Waals surface area contributed by atoms with Gasteiger partial charge in [0.2, 0.25) is 5.91 Å². The third kappa shape index (κ3) is 3.11. The number of anilines is 2. The minimum absolute atomic E-state index is 0.0528. The summed E-state index contributed by atoms with van der Waals surface area (Å²) in [4.78, 5) is 23.8. The molecule has 2 N–H and O–H groups in total. The molecule has 2 aromatic rings. The Morgan fingerprint density at radius 3 is 2.38 bits per heavy atom. The maximum atomic E-state index is 12.6. The van der Waals surface area contributed by atoms with Crippen LogP contribution in [0.15, 0.2) is 42.5 Å². The van der Waals surface area contributed by atoms with Crippen LogP contribution < -0.4 is 15.4 Å². The average Bonchev–Trinajstić information content (AvgIpc) is 2.82. The zero-order chi connectivity index (χ0) is 17.3. The van der Waals surface area contributed by atoms with E-state index in [4.69, 9.17) is 4.74 Å². The molecule has 124 valence electrons. The van der Waals surface area contributed by atoms with Gasteiger partial charge in [0.15, 0.2) is 0 Å². The lowest BCUT2D eigenvalue weighted by Gasteiger charge is -2.11. The van der Waals surface area contributed by atoms with E-state index in [9.17, 15) is 9.59 Å². The van der Waals surface area contributed by atoms with Crippen LogP contribution in [0.2, 0.25) is 0 Å². The minimum Gasteiger partial charge on any atom is -0.489 e. The molecule has 0 spiro atoms. The van der Waals surface area contributed by atoms with Gasteiger partial charge in [-0.25, -0.2) is 0 Å². The highest BCUT2D eigenvalue weighted by Gasteiger charge is 2.31. The summed E-state index contributed by atoms with van der Waals surface area (Å²) in [6.07, 6.45) is 0.0528. The van der Waals surface area contributed by atoms with Crippen molar-refractivity contribution in [2.75, 3.05) is 10.6 Å². The van der Waals surface area contributed by atoms with Gasteiger partial charge in [0.25, 0.3) is 5.91 Å². The van der Waals surface area contributed by atoms with E-state index in [1.807, 2.05) is 19.1 Å². The Balaban J connectivity index is 1.83. The second kappa shape index (κ2) is 6.35. The van der Waals surface area contributed by atoms with E-state index in [2.05, 4.69) is 17.6 Å². The summed E-state index contributed by atoms with van der Waals surface area (Å²) >= 11 is 0. The molecule has 1 heterocycles. The van der Waals surface area contributed by atoms with Crippen LogP contribution in [0.5, 0.6) is 5.75 Å². The first kappa shape index (κ1) is 16.1. The van der Waals surface area contributed by atoms with Crippen molar-refractivity contribution in [3.8, 4) is 5.75 Å². The number of rotatable bonds is 3. The Morgan fingerprint density at radius 1 is 1.00 bits per heavy atom. The molecule has 5 heteroatoms. The molecule has 0 aromatic heterocycles. The molecular formula is C19H20N2O3. The van der Waals surface area contributed by atoms with E-state index in [0.29, 0.717) is 22.7 Å². The molecule has 0 bridgehead atoms. The van der Waals surface area contributed by atoms with Gasteiger partial charge in [-0.15, -0.1) is 0 Å². The number of fused-ring (bicyclic) bond motifs is 1. The van der Waals surface area contributed by atoms with Crippen molar-refractivity contribution in [2.45, 2.75) is 32.8 Å². The van der Waals surface area contributed by atoms with Gasteiger partial charge in [0.1, 0.15) is 11.9 Å². The Hall–Kier alpha value is -2.82. The molecule has 5 nitrogen and oxygen atoms in total. The number of hydrogen-bond donors (Lipinski definition) is 2. The number of carbonyl (C=O) groups is 2. The molecule has 0 aliphatic carbocycles. The largest absolute Gasteiger partial charge is 0.489 e. The van der Waals surface area contributed by atoms with E-state index < -0.39 is 0 Å². The van der Waals surface area contributed by atoms with Gasteiger partial charge in [-0.1, -0.05) is 25.1 Å². The van der Waals surface area contributed by atoms with Crippen LogP contribution in [0.25, 0.3) is 0 Å². The van der Waals surface area contributed by atoms with Crippen LogP contribution in [0.4, 0.5) is 11.4 Å². The highest BCUT2D eigenvalue weighted by molar-refractivity contribution is 6.07. The predicted octanol–water partition coefficient (Wildman–Crippen LogP) is 3.78. The molecule has 3 rings (SSSR count). The van der Waals surface area contributed by atoms with E-state index in [-0.39, 0.29) is 23.8 Å². The summed E-state index contributed by atoms with van der Waals surface area (Å²) in [7, 11) is 0. The molecule has 2 amide bonds. The zero-order valence-corrected chi connectivity index (χ0v) is 13.9. The molecule has 0 saturated heterocycles. The Bertz CT molecular complexity index is 801. The second-order valence-corrected chi connectivity index (χ2v) is 6.05. The minimum atomic E-state index is -0.229. The third-order valence-electron chi connectivity index (χ3n) is 4.23. The normalized spacial score (nSPS) is 18.5. The number of benzene rings is 2. The van der Waals surface area contributed by atoms with Gasteiger partial charge < -0.3 is 15.4 Å². The van der Waals surface area contributed by atoms with Gasteiger partial charge in [-0.2, -0.15) is 0 Å². The molecule has 0 fully saturated rings. The van der Waals surface area contributed by atoms with Crippen LogP contribution in [0.1, 0.15) is 42.6 Å². The molecule has 0 saturated carbocycles. The van der Waals surface area contributed by atoms with Gasteiger partial charge in [-0.3, -0.25) is 9.59 Å². The Morgan fingerprint density at radius 2 is 1.67 bits per heavy atom. The first-order chi connectivity index (χ1) is 11.5. The highest BCUT2D eigenvalue weighted by Crippen LogP contribution is 2.40. The number of ether oxygens (including phenoxy) is 1. The number of amides is 2. The zero-order valence-electron chi connectivity index (χ0n) is 13.9. The quantitative estimate of drug-likeness (QED) is 0.903. The second-order valence-electron chi connectivity index (χ2n) is 6.05. The smallest absolute Gasteiger partial charge is 0.259 e. The fourth-order valence-corrected chi connectivity index (χ4v) is 2.84. The molecular weight excluding hydrogens is 304 g/mol. The number of para-hydroxylation sites is 1. The van der Waals surface area contributed by atoms with Crippen LogP contribution in [0.3, 0.4) is 0 Å². The molecule has 1 aliphatic rings. The van der Waals surface area contributed by atoms with E-state index >= 15 is 0 Å². The molecule has 0 radical (unpaired) electrons. The van der Waals surface area contributed by atoms with Crippen molar-refractivity contribution in [3.63, 3.8) is 0 Å². The maximum Gasteiger partial charge on any atom is 0.259 e. The molecule has 2 unspecified atom stereocenters. The summed E-state index contributed by atoms with van der Waals surface area (Å²) in [5.74, 6) is 0.535. The summed E-state index contributed by atoms with van der Waals surface area (Å²) in [6.45, 7) is 5.54. The topological polar surface area (TPSA) is 67.4 Å². The standard InChI is InChI=1S/C19H20N2O3/c1-11-12(2)24-18-16(11)8-5-9-17(18)19(23)21-15-7-4-6-14(10-15)20-13(3)22/h4-12H,1-3H3,(H,20,22)(H,21,23). The summed E-state index contributed by atoms with van der Waals surface area (Å²) < 4.78 is 5.87. The third-order valence-corrected chi connectivity index (χ3v) is 4.23. The monoisotopic (exact) mass is 324 g/mol. The number of carbonyl (C=O) groups excluding carboxylic acids is 2. The Kier molecular flexibility index (Phi) is 4.25. The van der Waals surface area contributed by atoms with Crippen molar-refractivity contribution in [1.29, 1.82) is 0 Å². The van der Waals surface area contributed by atoms with Crippen molar-refractivity contribution in [1.82, 2.24) is 0 Å². The van der Waals surface area contributed by atoms with Crippen molar-refractivity contribution >= 4 is 23.2 Å². The molecule has 2 atom stereocenters. The van der Waals surface area contributed by atoms with Gasteiger partial charge in [-0.05, 0) is 31.2 Å². The lowest BCUT2D eigenvalue weighted by Crippen LogP contribution is -2.14. The van der Waals surface area contributed by atoms with E-state index in [1.54, 1.807) is 30.3 Å². The van der Waals surface area contributed by atoms with Crippen LogP contribution in [-0.4, -0.2) is 17.9 Å². The molecule has 24 heavy (non-hydrogen) atoms. The predicted molar refractivity (Wildman–Crippen MR) is 93.6 cm³/mol. The first-order valence-electron chi connectivity index (χ1n) is 7.94. The van der Waals surface area contributed by atoms with Crippen LogP contribution in [-0.2, 0) is 4.79 Å². The van der Waals surface area contributed by atoms with Crippen molar-refractivity contribution in [2.24, 2.45) is 0 Å². The van der Waals surface area contributed by atoms with E-state index in [1.165, 1.54) is 6.92 Å².